The molecule has 0 aromatic carbocycles. The molecule has 0 aromatic heterocycles. The van der Waals surface area contributed by atoms with Crippen molar-refractivity contribution in [3.8, 4) is 0 Å². The Balaban J connectivity index is 3.09. The van der Waals surface area contributed by atoms with Gasteiger partial charge in [0.05, 0.1) is 0 Å². The van der Waals surface area contributed by atoms with Crippen molar-refractivity contribution in [3.05, 3.63) is 0 Å². The SMILES string of the molecule is CCCCCCNP(O)(O)=S. The van der Waals surface area contributed by atoms with E-state index >= 15 is 0 Å². The van der Waals surface area contributed by atoms with Gasteiger partial charge in [-0.15, -0.1) is 0 Å². The van der Waals surface area contributed by atoms with Crippen LogP contribution in [0.1, 0.15) is 32.6 Å². The Hall–Kier alpha value is 0.530. The van der Waals surface area contributed by atoms with Crippen LogP contribution in [-0.4, -0.2) is 16.3 Å². The minimum Gasteiger partial charge on any atom is -0.334 e. The Bertz CT molecular complexity index is 137. The Kier molecular flexibility index (Phi) is 6.38. The number of rotatable bonds is 6. The van der Waals surface area contributed by atoms with Crippen LogP contribution in [0.4, 0.5) is 0 Å². The van der Waals surface area contributed by atoms with E-state index in [1.807, 2.05) is 0 Å². The largest absolute Gasteiger partial charge is 0.334 e. The lowest BCUT2D eigenvalue weighted by Gasteiger charge is -2.08. The second-order valence-corrected chi connectivity index (χ2v) is 5.44. The topological polar surface area (TPSA) is 52.5 Å². The van der Waals surface area contributed by atoms with Gasteiger partial charge in [0, 0.05) is 6.54 Å². The summed E-state index contributed by atoms with van der Waals surface area (Å²) in [6, 6.07) is 0. The number of unbranched alkanes of at least 4 members (excludes halogenated alkanes) is 3. The fourth-order valence-corrected chi connectivity index (χ4v) is 1.50. The molecule has 0 aliphatic rings. The quantitative estimate of drug-likeness (QED) is 0.444. The molecule has 68 valence electrons. The molecule has 0 aliphatic carbocycles. The summed E-state index contributed by atoms with van der Waals surface area (Å²) >= 11 is 4.37. The summed E-state index contributed by atoms with van der Waals surface area (Å²) in [6.45, 7) is -0.381. The fourth-order valence-electron chi connectivity index (χ4n) is 0.776. The van der Waals surface area contributed by atoms with E-state index in [1.165, 1.54) is 12.8 Å². The van der Waals surface area contributed by atoms with Gasteiger partial charge in [0.1, 0.15) is 0 Å². The average molecular weight is 197 g/mol. The first-order valence-electron chi connectivity index (χ1n) is 3.87. The molecule has 11 heavy (non-hydrogen) atoms. The van der Waals surface area contributed by atoms with Crippen molar-refractivity contribution in [3.63, 3.8) is 0 Å². The van der Waals surface area contributed by atoms with E-state index in [0.717, 1.165) is 12.8 Å². The smallest absolute Gasteiger partial charge is 0.255 e. The molecule has 0 aromatic rings. The zero-order valence-corrected chi connectivity index (χ0v) is 8.50. The summed E-state index contributed by atoms with van der Waals surface area (Å²) in [5.41, 5.74) is 0. The molecule has 3 N–H and O–H groups in total. The lowest BCUT2D eigenvalue weighted by molar-refractivity contribution is 0.458. The normalized spacial score (nSPS) is 11.9. The van der Waals surface area contributed by atoms with Crippen molar-refractivity contribution in [1.82, 2.24) is 5.09 Å². The third-order valence-corrected chi connectivity index (χ3v) is 2.37. The molecule has 0 saturated carbocycles. The minimum absolute atomic E-state index is 0.615. The number of hydrogen-bond donors (Lipinski definition) is 3. The van der Waals surface area contributed by atoms with E-state index in [4.69, 9.17) is 9.79 Å². The Morgan fingerprint density at radius 2 is 1.91 bits per heavy atom. The monoisotopic (exact) mass is 197 g/mol. The summed E-state index contributed by atoms with van der Waals surface area (Å²) in [5.74, 6) is 0. The van der Waals surface area contributed by atoms with Crippen LogP contribution in [0.25, 0.3) is 0 Å². The van der Waals surface area contributed by atoms with Crippen LogP contribution in [0.5, 0.6) is 0 Å². The van der Waals surface area contributed by atoms with E-state index in [-0.39, 0.29) is 0 Å². The van der Waals surface area contributed by atoms with E-state index < -0.39 is 6.64 Å². The molecule has 0 fully saturated rings. The van der Waals surface area contributed by atoms with Crippen molar-refractivity contribution in [2.45, 2.75) is 32.6 Å². The van der Waals surface area contributed by atoms with Crippen molar-refractivity contribution in [1.29, 1.82) is 0 Å². The van der Waals surface area contributed by atoms with E-state index in [9.17, 15) is 0 Å². The second kappa shape index (κ2) is 6.09. The van der Waals surface area contributed by atoms with Crippen molar-refractivity contribution in [2.24, 2.45) is 0 Å². The predicted molar refractivity (Wildman–Crippen MR) is 50.9 cm³/mol. The van der Waals surface area contributed by atoms with Crippen molar-refractivity contribution < 1.29 is 9.79 Å². The van der Waals surface area contributed by atoms with Crippen LogP contribution < -0.4 is 5.09 Å². The molecular formula is C6H16NO2PS. The van der Waals surface area contributed by atoms with Gasteiger partial charge >= 0.3 is 0 Å². The van der Waals surface area contributed by atoms with Crippen LogP contribution in [0, 0.1) is 0 Å². The highest BCUT2D eigenvalue weighted by Crippen LogP contribution is 2.28. The molecule has 3 nitrogen and oxygen atoms in total. The van der Waals surface area contributed by atoms with E-state index in [2.05, 4.69) is 23.8 Å². The van der Waals surface area contributed by atoms with Crippen LogP contribution in [0.2, 0.25) is 0 Å². The first kappa shape index (κ1) is 11.5. The molecule has 0 atom stereocenters. The first-order valence-corrected chi connectivity index (χ1v) is 6.57. The summed E-state index contributed by atoms with van der Waals surface area (Å²) in [4.78, 5) is 17.5. The maximum Gasteiger partial charge on any atom is 0.255 e. The van der Waals surface area contributed by atoms with Crippen molar-refractivity contribution in [2.75, 3.05) is 6.54 Å². The number of nitrogens with one attached hydrogen (secondary N) is 1. The van der Waals surface area contributed by atoms with Gasteiger partial charge in [0.15, 0.2) is 0 Å². The fraction of sp³-hybridized carbons (Fsp3) is 1.00. The zero-order valence-electron chi connectivity index (χ0n) is 6.79. The molecule has 0 radical (unpaired) electrons. The summed E-state index contributed by atoms with van der Waals surface area (Å²) in [5, 5.41) is 2.52. The summed E-state index contributed by atoms with van der Waals surface area (Å²) in [7, 11) is 0. The van der Waals surface area contributed by atoms with Crippen molar-refractivity contribution >= 4 is 18.4 Å². The van der Waals surface area contributed by atoms with Gasteiger partial charge in [0.25, 0.3) is 6.64 Å². The standard InChI is InChI=1S/C6H16NO2PS/c1-2-3-4-5-6-7-10(8,9)11/h2-6H2,1H3,(H3,7,8,9,11). The lowest BCUT2D eigenvalue weighted by Crippen LogP contribution is -2.10. The highest BCUT2D eigenvalue weighted by Gasteiger charge is 2.03. The average Bonchev–Trinajstić information content (AvgIpc) is 1.85. The Labute approximate surface area is 73.1 Å². The predicted octanol–water partition coefficient (Wildman–Crippen LogP) is 1.37. The van der Waals surface area contributed by atoms with Crippen LogP contribution in [0.3, 0.4) is 0 Å². The Morgan fingerprint density at radius 3 is 2.36 bits per heavy atom. The molecular weight excluding hydrogens is 181 g/mol. The molecule has 5 heteroatoms. The third kappa shape index (κ3) is 10.5. The zero-order chi connectivity index (χ0) is 8.74. The van der Waals surface area contributed by atoms with Gasteiger partial charge in [0.2, 0.25) is 0 Å². The molecule has 0 saturated heterocycles. The van der Waals surface area contributed by atoms with Gasteiger partial charge in [-0.25, -0.2) is 5.09 Å². The van der Waals surface area contributed by atoms with Crippen LogP contribution in [0.15, 0.2) is 0 Å². The summed E-state index contributed by atoms with van der Waals surface area (Å²) in [6.07, 6.45) is 4.47. The van der Waals surface area contributed by atoms with E-state index in [1.54, 1.807) is 0 Å². The lowest BCUT2D eigenvalue weighted by atomic mass is 10.2. The second-order valence-electron chi connectivity index (χ2n) is 2.51. The van der Waals surface area contributed by atoms with E-state index in [0.29, 0.717) is 6.54 Å². The third-order valence-electron chi connectivity index (χ3n) is 1.35. The minimum atomic E-state index is -3.13. The van der Waals surface area contributed by atoms with Crippen LogP contribution in [-0.2, 0) is 11.8 Å². The molecule has 0 rings (SSSR count). The molecule has 0 amide bonds. The van der Waals surface area contributed by atoms with Gasteiger partial charge in [-0.1, -0.05) is 26.2 Å². The molecule has 0 spiro atoms. The maximum atomic E-state index is 8.74. The van der Waals surface area contributed by atoms with Gasteiger partial charge in [-0.3, -0.25) is 0 Å². The highest BCUT2D eigenvalue weighted by atomic mass is 32.5. The molecule has 0 aliphatic heterocycles. The Morgan fingerprint density at radius 1 is 1.27 bits per heavy atom. The number of hydrogen-bond acceptors (Lipinski definition) is 1. The van der Waals surface area contributed by atoms with Crippen LogP contribution >= 0.6 is 6.64 Å². The first-order chi connectivity index (χ1) is 5.06. The highest BCUT2D eigenvalue weighted by molar-refractivity contribution is 8.08. The molecule has 0 unspecified atom stereocenters. The summed E-state index contributed by atoms with van der Waals surface area (Å²) < 4.78 is 0. The van der Waals surface area contributed by atoms with Gasteiger partial charge < -0.3 is 9.79 Å². The maximum absolute atomic E-state index is 8.74. The van der Waals surface area contributed by atoms with Gasteiger partial charge in [-0.2, -0.15) is 0 Å². The molecule has 0 heterocycles. The molecule has 0 bridgehead atoms. The van der Waals surface area contributed by atoms with Gasteiger partial charge in [-0.05, 0) is 18.2 Å².